The maximum Gasteiger partial charge on any atom is 0.276 e. The fourth-order valence-corrected chi connectivity index (χ4v) is 2.34. The van der Waals surface area contributed by atoms with E-state index in [0.717, 1.165) is 5.69 Å². The molecule has 0 aliphatic heterocycles. The van der Waals surface area contributed by atoms with Crippen LogP contribution in [0, 0.1) is 13.8 Å². The number of methoxy groups -OCH3 is 1. The monoisotopic (exact) mass is 307 g/mol. The van der Waals surface area contributed by atoms with Gasteiger partial charge in [0.2, 0.25) is 0 Å². The minimum atomic E-state index is -0.301. The second-order valence-electron chi connectivity index (χ2n) is 4.42. The predicted octanol–water partition coefficient (Wildman–Crippen LogP) is 2.43. The van der Waals surface area contributed by atoms with Crippen LogP contribution in [-0.2, 0) is 4.74 Å². The van der Waals surface area contributed by atoms with Crippen molar-refractivity contribution in [1.29, 1.82) is 0 Å². The molecule has 2 heterocycles. The minimum absolute atomic E-state index is 0.301. The Balaban J connectivity index is 2.09. The van der Waals surface area contributed by atoms with Gasteiger partial charge in [-0.15, -0.1) is 11.3 Å². The molecule has 112 valence electrons. The Kier molecular flexibility index (Phi) is 5.24. The van der Waals surface area contributed by atoms with Gasteiger partial charge in [0.1, 0.15) is 18.1 Å². The van der Waals surface area contributed by atoms with E-state index < -0.39 is 0 Å². The van der Waals surface area contributed by atoms with Crippen LogP contribution in [0.25, 0.3) is 0 Å². The largest absolute Gasteiger partial charge is 0.491 e. The van der Waals surface area contributed by atoms with Gasteiger partial charge in [0.15, 0.2) is 5.13 Å². The number of rotatable bonds is 6. The zero-order valence-corrected chi connectivity index (χ0v) is 13.0. The molecule has 0 radical (unpaired) electrons. The van der Waals surface area contributed by atoms with E-state index >= 15 is 0 Å². The predicted molar refractivity (Wildman–Crippen MR) is 81.1 cm³/mol. The summed E-state index contributed by atoms with van der Waals surface area (Å²) in [4.78, 5) is 20.6. The second-order valence-corrected chi connectivity index (χ2v) is 5.28. The summed E-state index contributed by atoms with van der Waals surface area (Å²) >= 11 is 1.38. The quantitative estimate of drug-likeness (QED) is 0.830. The van der Waals surface area contributed by atoms with Gasteiger partial charge in [-0.1, -0.05) is 0 Å². The smallest absolute Gasteiger partial charge is 0.276 e. The summed E-state index contributed by atoms with van der Waals surface area (Å²) in [5.41, 5.74) is 1.89. The molecule has 0 fully saturated rings. The topological polar surface area (TPSA) is 73.3 Å². The van der Waals surface area contributed by atoms with E-state index in [9.17, 15) is 4.79 Å². The SMILES string of the molecule is COCCOc1cc(C)nc(C(=O)Nc2nc(C)cs2)c1. The van der Waals surface area contributed by atoms with Crippen molar-refractivity contribution in [3.8, 4) is 5.75 Å². The normalized spacial score (nSPS) is 10.4. The average molecular weight is 307 g/mol. The van der Waals surface area contributed by atoms with E-state index in [0.29, 0.717) is 35.5 Å². The van der Waals surface area contributed by atoms with Crippen molar-refractivity contribution in [3.05, 3.63) is 34.6 Å². The fraction of sp³-hybridized carbons (Fsp3) is 0.357. The van der Waals surface area contributed by atoms with E-state index in [1.54, 1.807) is 19.2 Å². The number of ether oxygens (including phenoxy) is 2. The lowest BCUT2D eigenvalue weighted by Gasteiger charge is -2.08. The van der Waals surface area contributed by atoms with E-state index in [-0.39, 0.29) is 5.91 Å². The summed E-state index contributed by atoms with van der Waals surface area (Å²) in [6.45, 7) is 4.60. The Morgan fingerprint density at radius 2 is 2.05 bits per heavy atom. The summed E-state index contributed by atoms with van der Waals surface area (Å²) < 4.78 is 10.4. The molecule has 6 nitrogen and oxygen atoms in total. The van der Waals surface area contributed by atoms with Gasteiger partial charge in [-0.05, 0) is 13.8 Å². The number of nitrogens with one attached hydrogen (secondary N) is 1. The molecule has 2 aromatic heterocycles. The first-order valence-electron chi connectivity index (χ1n) is 6.42. The number of hydrogen-bond donors (Lipinski definition) is 1. The molecule has 0 spiro atoms. The van der Waals surface area contributed by atoms with Crippen LogP contribution in [0.15, 0.2) is 17.5 Å². The number of aromatic nitrogens is 2. The number of carbonyl (C=O) groups is 1. The van der Waals surface area contributed by atoms with Crippen LogP contribution in [-0.4, -0.2) is 36.2 Å². The van der Waals surface area contributed by atoms with Gasteiger partial charge in [0, 0.05) is 30.3 Å². The minimum Gasteiger partial charge on any atom is -0.491 e. The Hall–Kier alpha value is -1.99. The lowest BCUT2D eigenvalue weighted by Crippen LogP contribution is -2.14. The molecule has 1 N–H and O–H groups in total. The van der Waals surface area contributed by atoms with E-state index in [4.69, 9.17) is 9.47 Å². The highest BCUT2D eigenvalue weighted by Crippen LogP contribution is 2.18. The lowest BCUT2D eigenvalue weighted by atomic mass is 10.3. The van der Waals surface area contributed by atoms with Crippen LogP contribution < -0.4 is 10.1 Å². The number of aryl methyl sites for hydroxylation is 2. The summed E-state index contributed by atoms with van der Waals surface area (Å²) in [5, 5.41) is 5.16. The van der Waals surface area contributed by atoms with Gasteiger partial charge in [-0.3, -0.25) is 10.1 Å². The number of anilines is 1. The van der Waals surface area contributed by atoms with Crippen LogP contribution in [0.3, 0.4) is 0 Å². The molecule has 0 atom stereocenters. The van der Waals surface area contributed by atoms with Crippen molar-refractivity contribution in [3.63, 3.8) is 0 Å². The molecule has 0 aliphatic rings. The number of nitrogens with zero attached hydrogens (tertiary/aromatic N) is 2. The zero-order chi connectivity index (χ0) is 15.2. The molecule has 0 aromatic carbocycles. The van der Waals surface area contributed by atoms with Crippen molar-refractivity contribution in [1.82, 2.24) is 9.97 Å². The second kappa shape index (κ2) is 7.14. The molecule has 21 heavy (non-hydrogen) atoms. The first-order chi connectivity index (χ1) is 10.1. The summed E-state index contributed by atoms with van der Waals surface area (Å²) in [6, 6.07) is 3.39. The van der Waals surface area contributed by atoms with Gasteiger partial charge in [0.25, 0.3) is 5.91 Å². The third kappa shape index (κ3) is 4.51. The lowest BCUT2D eigenvalue weighted by molar-refractivity contribution is 0.102. The van der Waals surface area contributed by atoms with Gasteiger partial charge in [0.05, 0.1) is 12.3 Å². The Labute approximate surface area is 127 Å². The van der Waals surface area contributed by atoms with Gasteiger partial charge in [-0.2, -0.15) is 0 Å². The third-order valence-corrected chi connectivity index (χ3v) is 3.43. The standard InChI is InChI=1S/C14H17N3O3S/c1-9-6-11(20-5-4-19-3)7-12(15-9)13(18)17-14-16-10(2)8-21-14/h6-8H,4-5H2,1-3H3,(H,16,17,18). The number of amides is 1. The maximum atomic E-state index is 12.2. The Morgan fingerprint density at radius 1 is 1.24 bits per heavy atom. The van der Waals surface area contributed by atoms with E-state index in [2.05, 4.69) is 15.3 Å². The molecule has 2 rings (SSSR count). The molecule has 7 heteroatoms. The van der Waals surface area contributed by atoms with Crippen molar-refractivity contribution in [2.75, 3.05) is 25.6 Å². The zero-order valence-electron chi connectivity index (χ0n) is 12.2. The number of pyridine rings is 1. The molecular formula is C14H17N3O3S. The molecule has 0 saturated heterocycles. The highest BCUT2D eigenvalue weighted by molar-refractivity contribution is 7.13. The van der Waals surface area contributed by atoms with E-state index in [1.807, 2.05) is 19.2 Å². The first kappa shape index (κ1) is 15.4. The Bertz CT molecular complexity index is 628. The van der Waals surface area contributed by atoms with E-state index in [1.165, 1.54) is 11.3 Å². The molecule has 0 bridgehead atoms. The van der Waals surface area contributed by atoms with Crippen molar-refractivity contribution >= 4 is 22.4 Å². The van der Waals surface area contributed by atoms with Crippen LogP contribution in [0.5, 0.6) is 5.75 Å². The molecular weight excluding hydrogens is 290 g/mol. The highest BCUT2D eigenvalue weighted by Gasteiger charge is 2.12. The molecule has 0 saturated carbocycles. The molecule has 0 unspecified atom stereocenters. The first-order valence-corrected chi connectivity index (χ1v) is 7.30. The third-order valence-electron chi connectivity index (χ3n) is 2.56. The highest BCUT2D eigenvalue weighted by atomic mass is 32.1. The number of thiazole rings is 1. The van der Waals surface area contributed by atoms with Crippen LogP contribution >= 0.6 is 11.3 Å². The van der Waals surface area contributed by atoms with Gasteiger partial charge in [-0.25, -0.2) is 9.97 Å². The van der Waals surface area contributed by atoms with Crippen LogP contribution in [0.2, 0.25) is 0 Å². The average Bonchev–Trinajstić information content (AvgIpc) is 2.84. The van der Waals surface area contributed by atoms with Gasteiger partial charge >= 0.3 is 0 Å². The van der Waals surface area contributed by atoms with Gasteiger partial charge < -0.3 is 9.47 Å². The fourth-order valence-electron chi connectivity index (χ4n) is 1.65. The summed E-state index contributed by atoms with van der Waals surface area (Å²) in [6.07, 6.45) is 0. The number of hydrogen-bond acceptors (Lipinski definition) is 6. The van der Waals surface area contributed by atoms with Crippen LogP contribution in [0.4, 0.5) is 5.13 Å². The van der Waals surface area contributed by atoms with Crippen molar-refractivity contribution < 1.29 is 14.3 Å². The van der Waals surface area contributed by atoms with Crippen LogP contribution in [0.1, 0.15) is 21.9 Å². The van der Waals surface area contributed by atoms with Crippen molar-refractivity contribution in [2.24, 2.45) is 0 Å². The summed E-state index contributed by atoms with van der Waals surface area (Å²) in [5.74, 6) is 0.296. The summed E-state index contributed by atoms with van der Waals surface area (Å²) in [7, 11) is 1.61. The number of carbonyl (C=O) groups excluding carboxylic acids is 1. The Morgan fingerprint density at radius 3 is 2.71 bits per heavy atom. The maximum absolute atomic E-state index is 12.2. The molecule has 1 amide bonds. The molecule has 0 aliphatic carbocycles. The van der Waals surface area contributed by atoms with Crippen molar-refractivity contribution in [2.45, 2.75) is 13.8 Å². The molecule has 2 aromatic rings.